The maximum Gasteiger partial charge on any atom is 0.226 e. The SMILES string of the molecule is CN=C(NCc1coc(-c2ccc(C)cc2)n1)NCC(c1ccc(C)cc1)N1CCOCC1.I. The van der Waals surface area contributed by atoms with Crippen LogP contribution >= 0.6 is 24.0 Å². The highest BCUT2D eigenvalue weighted by molar-refractivity contribution is 14.0. The van der Waals surface area contributed by atoms with Crippen molar-refractivity contribution in [3.05, 3.63) is 77.2 Å². The van der Waals surface area contributed by atoms with Crippen LogP contribution in [0.15, 0.2) is 64.2 Å². The third-order valence-corrected chi connectivity index (χ3v) is 5.92. The van der Waals surface area contributed by atoms with E-state index < -0.39 is 0 Å². The van der Waals surface area contributed by atoms with Crippen molar-refractivity contribution in [2.24, 2.45) is 4.99 Å². The number of benzene rings is 2. The normalized spacial score (nSPS) is 15.4. The zero-order valence-electron chi connectivity index (χ0n) is 20.1. The van der Waals surface area contributed by atoms with Crippen LogP contribution in [0.4, 0.5) is 0 Å². The van der Waals surface area contributed by atoms with Gasteiger partial charge in [-0.15, -0.1) is 24.0 Å². The van der Waals surface area contributed by atoms with Gasteiger partial charge >= 0.3 is 0 Å². The summed E-state index contributed by atoms with van der Waals surface area (Å²) in [6.45, 7) is 8.84. The molecule has 34 heavy (non-hydrogen) atoms. The van der Waals surface area contributed by atoms with E-state index >= 15 is 0 Å². The van der Waals surface area contributed by atoms with Gasteiger partial charge in [0, 0.05) is 32.2 Å². The molecule has 1 aromatic heterocycles. The zero-order valence-corrected chi connectivity index (χ0v) is 22.4. The fraction of sp³-hybridized carbons (Fsp3) is 0.385. The molecular formula is C26H34IN5O2. The lowest BCUT2D eigenvalue weighted by molar-refractivity contribution is 0.0170. The third-order valence-electron chi connectivity index (χ3n) is 5.92. The lowest BCUT2D eigenvalue weighted by Gasteiger charge is -2.35. The second-order valence-corrected chi connectivity index (χ2v) is 8.39. The van der Waals surface area contributed by atoms with E-state index in [9.17, 15) is 0 Å². The van der Waals surface area contributed by atoms with Crippen LogP contribution in [0.2, 0.25) is 0 Å². The van der Waals surface area contributed by atoms with Gasteiger partial charge < -0.3 is 19.8 Å². The highest BCUT2D eigenvalue weighted by atomic mass is 127. The Morgan fingerprint density at radius 1 is 1.00 bits per heavy atom. The van der Waals surface area contributed by atoms with Gasteiger partial charge in [-0.1, -0.05) is 47.5 Å². The quantitative estimate of drug-likeness (QED) is 0.249. The van der Waals surface area contributed by atoms with E-state index in [0.717, 1.165) is 50.1 Å². The molecule has 8 heteroatoms. The van der Waals surface area contributed by atoms with E-state index in [1.807, 2.05) is 12.1 Å². The number of morpholine rings is 1. The van der Waals surface area contributed by atoms with E-state index in [1.165, 1.54) is 16.7 Å². The summed E-state index contributed by atoms with van der Waals surface area (Å²) < 4.78 is 11.2. The molecule has 2 aromatic carbocycles. The van der Waals surface area contributed by atoms with Crippen LogP contribution in [0.25, 0.3) is 11.5 Å². The van der Waals surface area contributed by atoms with Crippen molar-refractivity contribution in [2.45, 2.75) is 26.4 Å². The summed E-state index contributed by atoms with van der Waals surface area (Å²) in [7, 11) is 1.78. The molecule has 1 atom stereocenters. The molecule has 1 aliphatic heterocycles. The number of aryl methyl sites for hydroxylation is 2. The summed E-state index contributed by atoms with van der Waals surface area (Å²) in [4.78, 5) is 11.5. The molecule has 3 aromatic rings. The molecule has 2 N–H and O–H groups in total. The minimum absolute atomic E-state index is 0. The molecule has 7 nitrogen and oxygen atoms in total. The van der Waals surface area contributed by atoms with Gasteiger partial charge in [0.15, 0.2) is 5.96 Å². The van der Waals surface area contributed by atoms with Gasteiger partial charge in [-0.25, -0.2) is 4.98 Å². The van der Waals surface area contributed by atoms with Crippen molar-refractivity contribution in [1.29, 1.82) is 0 Å². The van der Waals surface area contributed by atoms with Crippen molar-refractivity contribution < 1.29 is 9.15 Å². The minimum atomic E-state index is 0. The van der Waals surface area contributed by atoms with Crippen LogP contribution in [0.3, 0.4) is 0 Å². The maximum atomic E-state index is 5.67. The van der Waals surface area contributed by atoms with E-state index in [-0.39, 0.29) is 30.0 Å². The first-order chi connectivity index (χ1) is 16.1. The Bertz CT molecular complexity index is 1040. The number of aromatic nitrogens is 1. The van der Waals surface area contributed by atoms with Crippen molar-refractivity contribution in [3.8, 4) is 11.5 Å². The van der Waals surface area contributed by atoms with Gasteiger partial charge in [0.25, 0.3) is 0 Å². The molecule has 0 spiro atoms. The second kappa shape index (κ2) is 12.9. The lowest BCUT2D eigenvalue weighted by Crippen LogP contribution is -2.46. The Morgan fingerprint density at radius 3 is 2.29 bits per heavy atom. The van der Waals surface area contributed by atoms with E-state index in [0.29, 0.717) is 12.4 Å². The van der Waals surface area contributed by atoms with Gasteiger partial charge in [0.1, 0.15) is 6.26 Å². The first kappa shape index (κ1) is 26.2. The van der Waals surface area contributed by atoms with E-state index in [1.54, 1.807) is 13.3 Å². The predicted octanol–water partition coefficient (Wildman–Crippen LogP) is 4.31. The van der Waals surface area contributed by atoms with Crippen molar-refractivity contribution in [1.82, 2.24) is 20.5 Å². The van der Waals surface area contributed by atoms with Crippen LogP contribution in [-0.4, -0.2) is 55.7 Å². The second-order valence-electron chi connectivity index (χ2n) is 8.39. The molecular weight excluding hydrogens is 541 g/mol. The minimum Gasteiger partial charge on any atom is -0.444 e. The van der Waals surface area contributed by atoms with Crippen LogP contribution in [0.5, 0.6) is 0 Å². The average molecular weight is 575 g/mol. The molecule has 0 saturated carbocycles. The molecule has 1 unspecified atom stereocenters. The number of oxazole rings is 1. The standard InChI is InChI=1S/C26H33N5O2.HI/c1-19-4-8-21(9-5-19)24(31-12-14-32-15-13-31)17-29-26(27-3)28-16-23-18-33-25(30-23)22-10-6-20(2)7-11-22;/h4-11,18,24H,12-17H2,1-3H3,(H2,27,28,29);1H. The number of ether oxygens (including phenoxy) is 1. The summed E-state index contributed by atoms with van der Waals surface area (Å²) in [5.74, 6) is 1.36. The number of halogens is 1. The van der Waals surface area contributed by atoms with Crippen LogP contribution in [0, 0.1) is 13.8 Å². The maximum absolute atomic E-state index is 5.67. The number of nitrogens with one attached hydrogen (secondary N) is 2. The summed E-state index contributed by atoms with van der Waals surface area (Å²) in [5.41, 5.74) is 5.58. The molecule has 0 aliphatic carbocycles. The van der Waals surface area contributed by atoms with Gasteiger partial charge in [0.2, 0.25) is 5.89 Å². The summed E-state index contributed by atoms with van der Waals surface area (Å²) in [6, 6.07) is 17.2. The Morgan fingerprint density at radius 2 is 1.65 bits per heavy atom. The fourth-order valence-electron chi connectivity index (χ4n) is 3.94. The number of nitrogens with zero attached hydrogens (tertiary/aromatic N) is 3. The highest BCUT2D eigenvalue weighted by Gasteiger charge is 2.23. The zero-order chi connectivity index (χ0) is 23.0. The molecule has 1 aliphatic rings. The monoisotopic (exact) mass is 575 g/mol. The Balaban J connectivity index is 0.00000324. The van der Waals surface area contributed by atoms with Crippen LogP contribution in [0.1, 0.15) is 28.4 Å². The molecule has 1 saturated heterocycles. The molecule has 0 radical (unpaired) electrons. The third kappa shape index (κ3) is 7.04. The number of guanidine groups is 1. The Hall–Kier alpha value is -2.43. The largest absolute Gasteiger partial charge is 0.444 e. The van der Waals surface area contributed by atoms with Crippen LogP contribution in [-0.2, 0) is 11.3 Å². The number of hydrogen-bond donors (Lipinski definition) is 2. The molecule has 2 heterocycles. The van der Waals surface area contributed by atoms with Gasteiger partial charge in [-0.05, 0) is 31.5 Å². The van der Waals surface area contributed by atoms with Gasteiger partial charge in [0.05, 0.1) is 31.5 Å². The van der Waals surface area contributed by atoms with Gasteiger partial charge in [-0.2, -0.15) is 0 Å². The first-order valence-electron chi connectivity index (χ1n) is 11.5. The summed E-state index contributed by atoms with van der Waals surface area (Å²) >= 11 is 0. The van der Waals surface area contributed by atoms with Crippen molar-refractivity contribution in [3.63, 3.8) is 0 Å². The van der Waals surface area contributed by atoms with E-state index in [2.05, 4.69) is 75.8 Å². The first-order valence-corrected chi connectivity index (χ1v) is 11.5. The Labute approximate surface area is 219 Å². The number of aliphatic imine (C=N–C) groups is 1. The smallest absolute Gasteiger partial charge is 0.226 e. The Kier molecular flexibility index (Phi) is 9.91. The topological polar surface area (TPSA) is 74.9 Å². The highest BCUT2D eigenvalue weighted by Crippen LogP contribution is 2.22. The van der Waals surface area contributed by atoms with Crippen molar-refractivity contribution in [2.75, 3.05) is 39.9 Å². The molecule has 0 amide bonds. The predicted molar refractivity (Wildman–Crippen MR) is 147 cm³/mol. The molecule has 4 rings (SSSR count). The molecule has 0 bridgehead atoms. The summed E-state index contributed by atoms with van der Waals surface area (Å²) in [6.07, 6.45) is 1.69. The molecule has 1 fully saturated rings. The number of hydrogen-bond acceptors (Lipinski definition) is 5. The van der Waals surface area contributed by atoms with Crippen LogP contribution < -0.4 is 10.6 Å². The van der Waals surface area contributed by atoms with Crippen molar-refractivity contribution >= 4 is 29.9 Å². The fourth-order valence-corrected chi connectivity index (χ4v) is 3.94. The van der Waals surface area contributed by atoms with Gasteiger partial charge in [-0.3, -0.25) is 9.89 Å². The van der Waals surface area contributed by atoms with E-state index in [4.69, 9.17) is 9.15 Å². The number of rotatable bonds is 7. The lowest BCUT2D eigenvalue weighted by atomic mass is 10.0. The molecule has 182 valence electrons. The average Bonchev–Trinajstić information content (AvgIpc) is 3.32. The summed E-state index contributed by atoms with van der Waals surface area (Å²) in [5, 5.41) is 6.84.